The van der Waals surface area contributed by atoms with Gasteiger partial charge in [0.15, 0.2) is 6.54 Å². The van der Waals surface area contributed by atoms with Crippen molar-refractivity contribution in [3.05, 3.63) is 28.8 Å². The Labute approximate surface area is 138 Å². The Morgan fingerprint density at radius 1 is 1.27 bits per heavy atom. The van der Waals surface area contributed by atoms with Crippen molar-refractivity contribution in [3.63, 3.8) is 0 Å². The fraction of sp³-hybridized carbons (Fsp3) is 0.611. The number of likely N-dealkylation sites (tertiary alicyclic amines) is 1. The number of rotatable bonds is 3. The molecule has 1 aliphatic carbocycles. The molecule has 2 fully saturated rings. The van der Waals surface area contributed by atoms with Gasteiger partial charge in [0.2, 0.25) is 0 Å². The summed E-state index contributed by atoms with van der Waals surface area (Å²) in [6.07, 6.45) is 6.85. The molecule has 4 heteroatoms. The molecule has 1 saturated heterocycles. The van der Waals surface area contributed by atoms with Gasteiger partial charge < -0.3 is 10.2 Å². The van der Waals surface area contributed by atoms with Crippen LogP contribution < -0.4 is 10.2 Å². The molecule has 3 atom stereocenters. The molecule has 1 heterocycles. The third-order valence-corrected chi connectivity index (χ3v) is 5.61. The summed E-state index contributed by atoms with van der Waals surface area (Å²) in [5.41, 5.74) is 1.89. The van der Waals surface area contributed by atoms with Gasteiger partial charge in [-0.25, -0.2) is 0 Å². The molecule has 0 radical (unpaired) electrons. The molecule has 1 unspecified atom stereocenters. The molecule has 3 nitrogen and oxygen atoms in total. The van der Waals surface area contributed by atoms with Crippen molar-refractivity contribution in [1.82, 2.24) is 0 Å². The Balaban J connectivity index is 1.54. The first-order valence-corrected chi connectivity index (χ1v) is 8.89. The van der Waals surface area contributed by atoms with Crippen LogP contribution in [0.4, 0.5) is 5.69 Å². The SMILES string of the molecule is Cc1ccc(Cl)cc1NC(=O)C[NH+]1CC[C@H]2CCCC[C@@H]2C1. The second-order valence-electron chi connectivity index (χ2n) is 6.98. The lowest BCUT2D eigenvalue weighted by molar-refractivity contribution is -0.902. The van der Waals surface area contributed by atoms with Gasteiger partial charge in [-0.1, -0.05) is 30.5 Å². The van der Waals surface area contributed by atoms with E-state index >= 15 is 0 Å². The van der Waals surface area contributed by atoms with Crippen LogP contribution >= 0.6 is 11.6 Å². The summed E-state index contributed by atoms with van der Waals surface area (Å²) in [6.45, 7) is 4.89. The summed E-state index contributed by atoms with van der Waals surface area (Å²) in [4.78, 5) is 13.8. The molecular weight excluding hydrogens is 296 g/mol. The van der Waals surface area contributed by atoms with E-state index in [0.29, 0.717) is 11.6 Å². The summed E-state index contributed by atoms with van der Waals surface area (Å²) >= 11 is 6.01. The zero-order chi connectivity index (χ0) is 15.5. The van der Waals surface area contributed by atoms with E-state index in [0.717, 1.165) is 29.6 Å². The first-order chi connectivity index (χ1) is 10.6. The number of amides is 1. The average Bonchev–Trinajstić information content (AvgIpc) is 2.51. The third kappa shape index (κ3) is 3.82. The summed E-state index contributed by atoms with van der Waals surface area (Å²) in [5, 5.41) is 3.69. The van der Waals surface area contributed by atoms with E-state index < -0.39 is 0 Å². The standard InChI is InChI=1S/C18H25ClN2O/c1-13-6-7-16(19)10-17(13)20-18(22)12-21-9-8-14-4-2-3-5-15(14)11-21/h6-7,10,14-15H,2-5,8-9,11-12H2,1H3,(H,20,22)/p+1/t14-,15-/m1/s1. The fourth-order valence-corrected chi connectivity index (χ4v) is 4.28. The van der Waals surface area contributed by atoms with Crippen molar-refractivity contribution >= 4 is 23.2 Å². The molecule has 120 valence electrons. The number of benzene rings is 1. The average molecular weight is 322 g/mol. The lowest BCUT2D eigenvalue weighted by Gasteiger charge is -2.38. The van der Waals surface area contributed by atoms with E-state index in [1.165, 1.54) is 43.5 Å². The van der Waals surface area contributed by atoms with Crippen LogP contribution in [0.25, 0.3) is 0 Å². The smallest absolute Gasteiger partial charge is 0.279 e. The quantitative estimate of drug-likeness (QED) is 0.881. The number of carbonyl (C=O) groups is 1. The fourth-order valence-electron chi connectivity index (χ4n) is 4.11. The number of nitrogens with one attached hydrogen (secondary N) is 2. The van der Waals surface area contributed by atoms with Crippen LogP contribution in [-0.4, -0.2) is 25.5 Å². The number of piperidine rings is 1. The molecule has 1 aromatic rings. The number of halogens is 1. The number of hydrogen-bond donors (Lipinski definition) is 2. The molecule has 0 spiro atoms. The zero-order valence-electron chi connectivity index (χ0n) is 13.3. The van der Waals surface area contributed by atoms with Crippen LogP contribution in [0.2, 0.25) is 5.02 Å². The highest BCUT2D eigenvalue weighted by Crippen LogP contribution is 2.32. The number of quaternary nitrogens is 1. The summed E-state index contributed by atoms with van der Waals surface area (Å²) in [7, 11) is 0. The molecule has 1 amide bonds. The van der Waals surface area contributed by atoms with Crippen LogP contribution in [0.5, 0.6) is 0 Å². The maximum atomic E-state index is 12.3. The molecule has 2 N–H and O–H groups in total. The molecule has 1 aromatic carbocycles. The monoisotopic (exact) mass is 321 g/mol. The Hall–Kier alpha value is -1.06. The van der Waals surface area contributed by atoms with E-state index in [4.69, 9.17) is 11.6 Å². The predicted molar refractivity (Wildman–Crippen MR) is 90.4 cm³/mol. The van der Waals surface area contributed by atoms with E-state index in [1.807, 2.05) is 25.1 Å². The molecule has 1 aliphatic heterocycles. The number of anilines is 1. The first-order valence-electron chi connectivity index (χ1n) is 8.51. The number of hydrogen-bond acceptors (Lipinski definition) is 1. The highest BCUT2D eigenvalue weighted by atomic mass is 35.5. The third-order valence-electron chi connectivity index (χ3n) is 5.37. The van der Waals surface area contributed by atoms with Crippen molar-refractivity contribution in [1.29, 1.82) is 0 Å². The maximum Gasteiger partial charge on any atom is 0.279 e. The van der Waals surface area contributed by atoms with Gasteiger partial charge in [0.25, 0.3) is 5.91 Å². The van der Waals surface area contributed by atoms with Gasteiger partial charge in [0.05, 0.1) is 13.1 Å². The molecule has 2 aliphatic rings. The Morgan fingerprint density at radius 3 is 2.86 bits per heavy atom. The summed E-state index contributed by atoms with van der Waals surface area (Å²) in [6, 6.07) is 5.63. The van der Waals surface area contributed by atoms with Crippen molar-refractivity contribution in [3.8, 4) is 0 Å². The second kappa shape index (κ2) is 7.01. The van der Waals surface area contributed by atoms with Gasteiger partial charge in [-0.3, -0.25) is 4.79 Å². The summed E-state index contributed by atoms with van der Waals surface area (Å²) < 4.78 is 0. The van der Waals surface area contributed by atoms with Gasteiger partial charge in [-0.05, 0) is 49.8 Å². The van der Waals surface area contributed by atoms with Crippen LogP contribution in [0, 0.1) is 18.8 Å². The van der Waals surface area contributed by atoms with E-state index in [1.54, 1.807) is 0 Å². The van der Waals surface area contributed by atoms with Crippen molar-refractivity contribution in [2.24, 2.45) is 11.8 Å². The largest absolute Gasteiger partial charge is 0.327 e. The molecule has 0 aromatic heterocycles. The summed E-state index contributed by atoms with van der Waals surface area (Å²) in [5.74, 6) is 1.88. The van der Waals surface area contributed by atoms with Crippen molar-refractivity contribution in [2.45, 2.75) is 39.0 Å². The maximum absolute atomic E-state index is 12.3. The number of fused-ring (bicyclic) bond motifs is 1. The number of aryl methyl sites for hydroxylation is 1. The predicted octanol–water partition coefficient (Wildman–Crippen LogP) is 2.68. The number of carbonyl (C=O) groups excluding carboxylic acids is 1. The van der Waals surface area contributed by atoms with E-state index in [2.05, 4.69) is 5.32 Å². The molecular formula is C18H26ClN2O+. The van der Waals surface area contributed by atoms with Crippen LogP contribution in [0.15, 0.2) is 18.2 Å². The Bertz CT molecular complexity index is 546. The lowest BCUT2D eigenvalue weighted by Crippen LogP contribution is -3.15. The second-order valence-corrected chi connectivity index (χ2v) is 7.42. The van der Waals surface area contributed by atoms with Crippen molar-refractivity contribution < 1.29 is 9.69 Å². The highest BCUT2D eigenvalue weighted by molar-refractivity contribution is 6.31. The van der Waals surface area contributed by atoms with Crippen LogP contribution in [-0.2, 0) is 4.79 Å². The van der Waals surface area contributed by atoms with Crippen LogP contribution in [0.1, 0.15) is 37.7 Å². The lowest BCUT2D eigenvalue weighted by atomic mass is 9.75. The van der Waals surface area contributed by atoms with E-state index in [9.17, 15) is 4.79 Å². The van der Waals surface area contributed by atoms with E-state index in [-0.39, 0.29) is 5.91 Å². The molecule has 0 bridgehead atoms. The molecule has 22 heavy (non-hydrogen) atoms. The minimum atomic E-state index is 0.106. The van der Waals surface area contributed by atoms with Crippen LogP contribution in [0.3, 0.4) is 0 Å². The minimum Gasteiger partial charge on any atom is -0.327 e. The van der Waals surface area contributed by atoms with Gasteiger partial charge in [-0.15, -0.1) is 0 Å². The molecule has 1 saturated carbocycles. The topological polar surface area (TPSA) is 33.5 Å². The van der Waals surface area contributed by atoms with Gasteiger partial charge in [0.1, 0.15) is 0 Å². The highest BCUT2D eigenvalue weighted by Gasteiger charge is 2.34. The van der Waals surface area contributed by atoms with Gasteiger partial charge in [0, 0.05) is 16.6 Å². The van der Waals surface area contributed by atoms with Gasteiger partial charge >= 0.3 is 0 Å². The zero-order valence-corrected chi connectivity index (χ0v) is 14.1. The van der Waals surface area contributed by atoms with Crippen molar-refractivity contribution in [2.75, 3.05) is 25.0 Å². The van der Waals surface area contributed by atoms with Gasteiger partial charge in [-0.2, -0.15) is 0 Å². The Morgan fingerprint density at radius 2 is 2.05 bits per heavy atom. The minimum absolute atomic E-state index is 0.106. The molecule has 3 rings (SSSR count). The Kier molecular flexibility index (Phi) is 5.04. The first kappa shape index (κ1) is 15.8. The normalized spacial score (nSPS) is 28.0.